The normalized spacial score (nSPS) is 12.9. The van der Waals surface area contributed by atoms with Gasteiger partial charge in [0.05, 0.1) is 13.2 Å². The lowest BCUT2D eigenvalue weighted by Gasteiger charge is -2.19. The van der Waals surface area contributed by atoms with E-state index in [1.54, 1.807) is 0 Å². The third-order valence-electron chi connectivity index (χ3n) is 16.9. The van der Waals surface area contributed by atoms with E-state index in [2.05, 4.69) is 26.0 Å². The van der Waals surface area contributed by atoms with Gasteiger partial charge in [0, 0.05) is 19.4 Å². The monoisotopic (exact) mass is 1180 g/mol. The molecule has 0 bridgehead atoms. The number of hydrogen-bond donors (Lipinski definition) is 2. The standard InChI is InChI=1S/C72H142NO8P/c1-3-5-7-9-11-13-15-17-19-21-23-25-27-29-31-32-33-34-35-36-37-39-40-42-44-46-48-50-52-54-56-58-60-62-64-71(74)78-68-70(69-80-82(76,77)79-67-66-73)81-72(75)65-63-61-59-57-55-53-51-49-47-45-43-41-38-30-28-26-24-22-20-18-16-14-12-10-8-6-4-2/h22,24,70H,3-21,23,25-69,73H2,1-2H3,(H,76,77)/b24-22-. The van der Waals surface area contributed by atoms with Crippen molar-refractivity contribution in [1.29, 1.82) is 0 Å². The molecule has 488 valence electrons. The van der Waals surface area contributed by atoms with E-state index in [9.17, 15) is 19.0 Å². The molecule has 2 atom stereocenters. The summed E-state index contributed by atoms with van der Waals surface area (Å²) in [6, 6.07) is 0. The van der Waals surface area contributed by atoms with E-state index in [-0.39, 0.29) is 38.6 Å². The molecule has 0 amide bonds. The van der Waals surface area contributed by atoms with Gasteiger partial charge in [0.15, 0.2) is 6.10 Å². The molecule has 9 nitrogen and oxygen atoms in total. The fourth-order valence-electron chi connectivity index (χ4n) is 11.5. The SMILES string of the molecule is CCCCCCCCCC/C=C\CCCCCCCCCCCCCCCCCC(=O)OC(COC(=O)CCCCCCCCCCCCCCCCCCCCCCCCCCCCCCCCCCCC)COP(=O)(O)OCCN. The number of esters is 2. The zero-order valence-corrected chi connectivity index (χ0v) is 55.9. The Kier molecular flexibility index (Phi) is 67.8. The van der Waals surface area contributed by atoms with Crippen LogP contribution in [0, 0.1) is 0 Å². The van der Waals surface area contributed by atoms with Crippen molar-refractivity contribution in [3.05, 3.63) is 12.2 Å². The molecule has 0 aromatic rings. The van der Waals surface area contributed by atoms with E-state index in [0.29, 0.717) is 6.42 Å². The van der Waals surface area contributed by atoms with Gasteiger partial charge in [-0.1, -0.05) is 366 Å². The summed E-state index contributed by atoms with van der Waals surface area (Å²) in [5.41, 5.74) is 5.41. The molecule has 0 aliphatic rings. The van der Waals surface area contributed by atoms with Crippen molar-refractivity contribution in [3.8, 4) is 0 Å². The molecule has 0 aromatic heterocycles. The Bertz CT molecular complexity index is 1350. The molecule has 0 aliphatic carbocycles. The van der Waals surface area contributed by atoms with Crippen LogP contribution < -0.4 is 5.73 Å². The third-order valence-corrected chi connectivity index (χ3v) is 17.9. The Morgan fingerprint density at radius 2 is 0.598 bits per heavy atom. The van der Waals surface area contributed by atoms with Gasteiger partial charge in [0.2, 0.25) is 0 Å². The van der Waals surface area contributed by atoms with E-state index >= 15 is 0 Å². The zero-order valence-electron chi connectivity index (χ0n) is 55.0. The topological polar surface area (TPSA) is 134 Å². The lowest BCUT2D eigenvalue weighted by molar-refractivity contribution is -0.161. The predicted octanol–water partition coefficient (Wildman–Crippen LogP) is 23.9. The molecule has 0 aromatic carbocycles. The molecule has 0 fully saturated rings. The molecular formula is C72H142NO8P. The minimum atomic E-state index is -4.39. The fraction of sp³-hybridized carbons (Fsp3) is 0.944. The zero-order chi connectivity index (χ0) is 59.4. The lowest BCUT2D eigenvalue weighted by atomic mass is 10.0. The summed E-state index contributed by atoms with van der Waals surface area (Å²) in [7, 11) is -4.39. The molecule has 0 saturated carbocycles. The van der Waals surface area contributed by atoms with Crippen molar-refractivity contribution in [1.82, 2.24) is 0 Å². The van der Waals surface area contributed by atoms with Crippen LogP contribution in [0.5, 0.6) is 0 Å². The molecule has 10 heteroatoms. The first-order valence-corrected chi connectivity index (χ1v) is 38.2. The number of phosphoric acid groups is 1. The average Bonchev–Trinajstić information content (AvgIpc) is 3.49. The highest BCUT2D eigenvalue weighted by Gasteiger charge is 2.26. The van der Waals surface area contributed by atoms with Crippen molar-refractivity contribution in [2.75, 3.05) is 26.4 Å². The van der Waals surface area contributed by atoms with E-state index in [4.69, 9.17) is 24.3 Å². The van der Waals surface area contributed by atoms with Crippen molar-refractivity contribution in [2.24, 2.45) is 5.73 Å². The van der Waals surface area contributed by atoms with Gasteiger partial charge in [-0.15, -0.1) is 0 Å². The maximum absolute atomic E-state index is 12.8. The van der Waals surface area contributed by atoms with Gasteiger partial charge in [-0.25, -0.2) is 4.57 Å². The molecule has 0 radical (unpaired) electrons. The van der Waals surface area contributed by atoms with Gasteiger partial charge in [-0.3, -0.25) is 18.6 Å². The molecule has 0 heterocycles. The summed E-state index contributed by atoms with van der Waals surface area (Å²) < 4.78 is 33.2. The van der Waals surface area contributed by atoms with Gasteiger partial charge in [-0.05, 0) is 38.5 Å². The Hall–Kier alpha value is -1.25. The predicted molar refractivity (Wildman–Crippen MR) is 354 cm³/mol. The molecule has 0 aliphatic heterocycles. The van der Waals surface area contributed by atoms with Crippen LogP contribution in [0.1, 0.15) is 406 Å². The molecular weight excluding hydrogens is 1040 g/mol. The minimum Gasteiger partial charge on any atom is -0.462 e. The van der Waals surface area contributed by atoms with Crippen LogP contribution in [0.2, 0.25) is 0 Å². The highest BCUT2D eigenvalue weighted by Crippen LogP contribution is 2.43. The summed E-state index contributed by atoms with van der Waals surface area (Å²) >= 11 is 0. The quantitative estimate of drug-likeness (QED) is 0.0264. The van der Waals surface area contributed by atoms with Crippen LogP contribution in [0.25, 0.3) is 0 Å². The van der Waals surface area contributed by atoms with Gasteiger partial charge in [0.1, 0.15) is 6.61 Å². The van der Waals surface area contributed by atoms with Crippen molar-refractivity contribution >= 4 is 19.8 Å². The van der Waals surface area contributed by atoms with E-state index in [1.807, 2.05) is 0 Å². The van der Waals surface area contributed by atoms with Gasteiger partial charge in [-0.2, -0.15) is 0 Å². The maximum Gasteiger partial charge on any atom is 0.472 e. The maximum atomic E-state index is 12.8. The fourth-order valence-corrected chi connectivity index (χ4v) is 12.2. The Morgan fingerprint density at radius 1 is 0.354 bits per heavy atom. The third kappa shape index (κ3) is 67.9. The second-order valence-corrected chi connectivity index (χ2v) is 26.6. The van der Waals surface area contributed by atoms with Crippen molar-refractivity contribution < 1.29 is 37.6 Å². The number of allylic oxidation sites excluding steroid dienone is 2. The first-order valence-electron chi connectivity index (χ1n) is 36.7. The Balaban J connectivity index is 3.77. The summed E-state index contributed by atoms with van der Waals surface area (Å²) in [4.78, 5) is 35.4. The second-order valence-electron chi connectivity index (χ2n) is 25.2. The molecule has 0 rings (SSSR count). The summed E-state index contributed by atoms with van der Waals surface area (Å²) in [6.45, 7) is 3.84. The molecule has 0 spiro atoms. The number of phosphoric ester groups is 1. The molecule has 2 unspecified atom stereocenters. The Labute approximate surface area is 510 Å². The molecule has 3 N–H and O–H groups in total. The van der Waals surface area contributed by atoms with Crippen molar-refractivity contribution in [2.45, 2.75) is 412 Å². The summed E-state index contributed by atoms with van der Waals surface area (Å²) in [6.07, 6.45) is 83.3. The van der Waals surface area contributed by atoms with Gasteiger partial charge < -0.3 is 20.1 Å². The van der Waals surface area contributed by atoms with E-state index in [0.717, 1.165) is 32.1 Å². The number of carbonyl (C=O) groups is 2. The number of nitrogens with two attached hydrogens (primary N) is 1. The van der Waals surface area contributed by atoms with Crippen LogP contribution in [0.15, 0.2) is 12.2 Å². The molecule has 0 saturated heterocycles. The minimum absolute atomic E-state index is 0.0576. The highest BCUT2D eigenvalue weighted by molar-refractivity contribution is 7.47. The summed E-state index contributed by atoms with van der Waals surface area (Å²) in [5.74, 6) is -0.800. The lowest BCUT2D eigenvalue weighted by Crippen LogP contribution is -2.29. The average molecular weight is 1180 g/mol. The largest absolute Gasteiger partial charge is 0.472 e. The number of ether oxygens (including phenoxy) is 2. The number of unbranched alkanes of at least 4 members (excludes halogenated alkanes) is 56. The number of hydrogen-bond acceptors (Lipinski definition) is 8. The van der Waals surface area contributed by atoms with Crippen LogP contribution in [0.4, 0.5) is 0 Å². The van der Waals surface area contributed by atoms with E-state index in [1.165, 1.54) is 340 Å². The van der Waals surface area contributed by atoms with Gasteiger partial charge in [0.25, 0.3) is 0 Å². The van der Waals surface area contributed by atoms with Crippen LogP contribution in [0.3, 0.4) is 0 Å². The second kappa shape index (κ2) is 68.9. The molecule has 82 heavy (non-hydrogen) atoms. The van der Waals surface area contributed by atoms with Crippen molar-refractivity contribution in [3.63, 3.8) is 0 Å². The first kappa shape index (κ1) is 80.8. The van der Waals surface area contributed by atoms with Crippen LogP contribution in [-0.2, 0) is 32.7 Å². The van der Waals surface area contributed by atoms with E-state index < -0.39 is 26.5 Å². The number of rotatable bonds is 71. The van der Waals surface area contributed by atoms with Crippen LogP contribution in [-0.4, -0.2) is 49.3 Å². The highest BCUT2D eigenvalue weighted by atomic mass is 31.2. The smallest absolute Gasteiger partial charge is 0.462 e. The van der Waals surface area contributed by atoms with Gasteiger partial charge >= 0.3 is 19.8 Å². The summed E-state index contributed by atoms with van der Waals surface area (Å²) in [5, 5.41) is 0. The Morgan fingerprint density at radius 3 is 0.866 bits per heavy atom. The first-order chi connectivity index (χ1) is 40.3. The van der Waals surface area contributed by atoms with Crippen LogP contribution >= 0.6 is 7.82 Å². The number of carbonyl (C=O) groups excluding carboxylic acids is 2.